The summed E-state index contributed by atoms with van der Waals surface area (Å²) in [7, 11) is 0. The molecule has 3 aromatic rings. The third-order valence-electron chi connectivity index (χ3n) is 5.18. The highest BCUT2D eigenvalue weighted by atomic mass is 19.4. The summed E-state index contributed by atoms with van der Waals surface area (Å²) in [6, 6.07) is 9.33. The molecule has 10 heteroatoms. The van der Waals surface area contributed by atoms with Crippen molar-refractivity contribution < 1.29 is 18.0 Å². The molecule has 1 unspecified atom stereocenters. The fraction of sp³-hybridized carbons (Fsp3) is 0.273. The number of aliphatic imine (C=N–C) groups is 1. The van der Waals surface area contributed by atoms with Crippen LogP contribution in [0.25, 0.3) is 5.69 Å². The van der Waals surface area contributed by atoms with E-state index in [-0.39, 0.29) is 29.5 Å². The van der Waals surface area contributed by atoms with Crippen LogP contribution < -0.4 is 10.6 Å². The molecule has 2 heterocycles. The Kier molecular flexibility index (Phi) is 5.68. The first kappa shape index (κ1) is 21.5. The Balaban J connectivity index is 1.81. The molecule has 0 fully saturated rings. The van der Waals surface area contributed by atoms with Crippen molar-refractivity contribution in [1.29, 1.82) is 0 Å². The number of anilines is 2. The van der Waals surface area contributed by atoms with Crippen LogP contribution in [-0.2, 0) is 11.0 Å². The molecule has 1 aliphatic heterocycles. The van der Waals surface area contributed by atoms with Crippen molar-refractivity contribution in [2.24, 2.45) is 4.99 Å². The lowest BCUT2D eigenvalue weighted by atomic mass is 10.1. The molecule has 0 saturated heterocycles. The number of nitrogens with zero attached hydrogens (tertiary/aromatic N) is 4. The average molecular weight is 442 g/mol. The zero-order valence-corrected chi connectivity index (χ0v) is 17.4. The number of benzene rings is 2. The summed E-state index contributed by atoms with van der Waals surface area (Å²) >= 11 is 0. The molecule has 0 spiro atoms. The van der Waals surface area contributed by atoms with E-state index >= 15 is 0 Å². The van der Waals surface area contributed by atoms with Crippen molar-refractivity contribution in [1.82, 2.24) is 15.0 Å². The maximum Gasteiger partial charge on any atom is 0.418 e. The molecule has 4 rings (SSSR count). The van der Waals surface area contributed by atoms with E-state index in [1.165, 1.54) is 6.07 Å². The Morgan fingerprint density at radius 3 is 2.75 bits per heavy atom. The monoisotopic (exact) mass is 442 g/mol. The first-order chi connectivity index (χ1) is 15.2. The van der Waals surface area contributed by atoms with E-state index in [0.717, 1.165) is 11.8 Å². The summed E-state index contributed by atoms with van der Waals surface area (Å²) in [5, 5.41) is 13.2. The van der Waals surface area contributed by atoms with E-state index < -0.39 is 17.6 Å². The van der Waals surface area contributed by atoms with E-state index in [1.807, 2.05) is 13.0 Å². The maximum atomic E-state index is 13.7. The third-order valence-corrected chi connectivity index (χ3v) is 5.18. The summed E-state index contributed by atoms with van der Waals surface area (Å²) in [5.41, 5.74) is 1.20. The summed E-state index contributed by atoms with van der Waals surface area (Å²) < 4.78 is 42.6. The number of alkyl halides is 3. The van der Waals surface area contributed by atoms with Crippen LogP contribution in [0.5, 0.6) is 0 Å². The number of fused-ring (bicyclic) bond motifs is 1. The van der Waals surface area contributed by atoms with Gasteiger partial charge in [-0.05, 0) is 43.2 Å². The fourth-order valence-corrected chi connectivity index (χ4v) is 3.37. The van der Waals surface area contributed by atoms with Crippen molar-refractivity contribution in [3.05, 3.63) is 59.9 Å². The van der Waals surface area contributed by atoms with E-state index in [2.05, 4.69) is 25.9 Å². The molecule has 1 amide bonds. The molecule has 1 atom stereocenters. The highest BCUT2D eigenvalue weighted by Gasteiger charge is 2.35. The molecular weight excluding hydrogens is 421 g/mol. The van der Waals surface area contributed by atoms with Crippen molar-refractivity contribution in [2.45, 2.75) is 38.9 Å². The van der Waals surface area contributed by atoms with E-state index in [0.29, 0.717) is 17.7 Å². The molecule has 2 aromatic carbocycles. The van der Waals surface area contributed by atoms with E-state index in [1.54, 1.807) is 42.2 Å². The number of aromatic nitrogens is 3. The lowest BCUT2D eigenvalue weighted by Gasteiger charge is -2.20. The lowest BCUT2D eigenvalue weighted by molar-refractivity contribution is -0.137. The van der Waals surface area contributed by atoms with Crippen molar-refractivity contribution in [3.8, 4) is 5.69 Å². The minimum atomic E-state index is -4.58. The predicted molar refractivity (Wildman–Crippen MR) is 116 cm³/mol. The van der Waals surface area contributed by atoms with Gasteiger partial charge in [0.05, 0.1) is 47.2 Å². The Labute approximate surface area is 182 Å². The van der Waals surface area contributed by atoms with Crippen LogP contribution in [0.15, 0.2) is 53.8 Å². The molecule has 166 valence electrons. The normalized spacial score (nSPS) is 14.8. The van der Waals surface area contributed by atoms with Gasteiger partial charge in [-0.1, -0.05) is 24.3 Å². The molecule has 0 aliphatic carbocycles. The van der Waals surface area contributed by atoms with Crippen LogP contribution in [-0.4, -0.2) is 32.7 Å². The Bertz CT molecular complexity index is 1170. The number of nitrogens with one attached hydrogen (secondary N) is 2. The third kappa shape index (κ3) is 4.48. The van der Waals surface area contributed by atoms with Crippen LogP contribution in [0.1, 0.15) is 37.8 Å². The van der Waals surface area contributed by atoms with Gasteiger partial charge in [0.2, 0.25) is 5.91 Å². The molecule has 1 aromatic heterocycles. The number of halogens is 3. The molecule has 0 bridgehead atoms. The zero-order valence-electron chi connectivity index (χ0n) is 17.4. The van der Waals surface area contributed by atoms with Gasteiger partial charge in [0.15, 0.2) is 0 Å². The lowest BCUT2D eigenvalue weighted by Crippen LogP contribution is -2.19. The van der Waals surface area contributed by atoms with Crippen LogP contribution in [0.2, 0.25) is 0 Å². The molecule has 0 saturated carbocycles. The number of hydrogen-bond donors (Lipinski definition) is 2. The van der Waals surface area contributed by atoms with Crippen LogP contribution in [0.3, 0.4) is 0 Å². The largest absolute Gasteiger partial charge is 0.418 e. The zero-order chi connectivity index (χ0) is 22.9. The minimum absolute atomic E-state index is 0.0273. The number of hydrogen-bond acceptors (Lipinski definition) is 5. The minimum Gasteiger partial charge on any atom is -0.382 e. The van der Waals surface area contributed by atoms with Gasteiger partial charge >= 0.3 is 6.18 Å². The SMILES string of the molecule is CCC(C)Nc1cc2c(cc1C(F)(F)F)NC(=O)CC(c1cccc(-n3ccnn3)c1)=N2. The van der Waals surface area contributed by atoms with Crippen molar-refractivity contribution in [2.75, 3.05) is 10.6 Å². The topological polar surface area (TPSA) is 84.2 Å². The summed E-state index contributed by atoms with van der Waals surface area (Å²) in [4.78, 5) is 17.1. The van der Waals surface area contributed by atoms with Gasteiger partial charge in [0, 0.05) is 11.7 Å². The van der Waals surface area contributed by atoms with E-state index in [4.69, 9.17) is 0 Å². The summed E-state index contributed by atoms with van der Waals surface area (Å²) in [5.74, 6) is -0.440. The maximum absolute atomic E-state index is 13.7. The molecular formula is C22H21F3N6O. The average Bonchev–Trinajstić information content (AvgIpc) is 3.23. The van der Waals surface area contributed by atoms with Gasteiger partial charge in [-0.15, -0.1) is 5.10 Å². The first-order valence-electron chi connectivity index (χ1n) is 10.1. The Morgan fingerprint density at radius 2 is 2.06 bits per heavy atom. The quantitative estimate of drug-likeness (QED) is 0.585. The second kappa shape index (κ2) is 8.45. The molecule has 2 N–H and O–H groups in total. The standard InChI is InChI=1S/C22H21F3N6O/c1-3-13(2)27-18-11-20-19(10-16(18)22(23,24)25)29-21(32)12-17(28-20)14-5-4-6-15(9-14)31-8-7-26-30-31/h4-11,13,27H,3,12H2,1-2H3,(H,29,32). The van der Waals surface area contributed by atoms with Gasteiger partial charge in [0.25, 0.3) is 0 Å². The molecule has 1 aliphatic rings. The highest BCUT2D eigenvalue weighted by molar-refractivity contribution is 6.17. The van der Waals surface area contributed by atoms with Crippen LogP contribution in [0.4, 0.5) is 30.2 Å². The molecule has 7 nitrogen and oxygen atoms in total. The number of carbonyl (C=O) groups excluding carboxylic acids is 1. The Morgan fingerprint density at radius 1 is 1.25 bits per heavy atom. The molecule has 0 radical (unpaired) electrons. The van der Waals surface area contributed by atoms with Crippen LogP contribution >= 0.6 is 0 Å². The van der Waals surface area contributed by atoms with Gasteiger partial charge < -0.3 is 10.6 Å². The van der Waals surface area contributed by atoms with Crippen molar-refractivity contribution >= 4 is 28.7 Å². The van der Waals surface area contributed by atoms with Gasteiger partial charge in [-0.2, -0.15) is 13.2 Å². The number of rotatable bonds is 5. The second-order valence-corrected chi connectivity index (χ2v) is 7.55. The van der Waals surface area contributed by atoms with E-state index in [9.17, 15) is 18.0 Å². The predicted octanol–water partition coefficient (Wildman–Crippen LogP) is 4.96. The summed E-state index contributed by atoms with van der Waals surface area (Å²) in [6.07, 6.45) is -0.786. The first-order valence-corrected chi connectivity index (χ1v) is 10.1. The number of amides is 1. The number of carbonyl (C=O) groups is 1. The van der Waals surface area contributed by atoms with Gasteiger partial charge in [-0.25, -0.2) is 4.68 Å². The molecule has 32 heavy (non-hydrogen) atoms. The van der Waals surface area contributed by atoms with Gasteiger partial charge in [0.1, 0.15) is 0 Å². The second-order valence-electron chi connectivity index (χ2n) is 7.55. The fourth-order valence-electron chi connectivity index (χ4n) is 3.37. The smallest absolute Gasteiger partial charge is 0.382 e. The van der Waals surface area contributed by atoms with Crippen molar-refractivity contribution in [3.63, 3.8) is 0 Å². The highest BCUT2D eigenvalue weighted by Crippen LogP contribution is 2.42. The van der Waals surface area contributed by atoms with Gasteiger partial charge in [-0.3, -0.25) is 9.79 Å². The Hall–Kier alpha value is -3.69. The van der Waals surface area contributed by atoms with Crippen LogP contribution in [0, 0.1) is 0 Å². The summed E-state index contributed by atoms with van der Waals surface area (Å²) in [6.45, 7) is 3.69.